The van der Waals surface area contributed by atoms with Gasteiger partial charge in [-0.2, -0.15) is 0 Å². The quantitative estimate of drug-likeness (QED) is 0.743. The van der Waals surface area contributed by atoms with Gasteiger partial charge in [0.1, 0.15) is 0 Å². The predicted molar refractivity (Wildman–Crippen MR) is 68.4 cm³/mol. The minimum atomic E-state index is 0.246. The molecule has 1 unspecified atom stereocenters. The Morgan fingerprint density at radius 3 is 2.59 bits per heavy atom. The summed E-state index contributed by atoms with van der Waals surface area (Å²) in [6.07, 6.45) is 1.65. The molecule has 0 saturated carbocycles. The average Bonchev–Trinajstić information content (AvgIpc) is 2.82. The van der Waals surface area contributed by atoms with Gasteiger partial charge in [-0.05, 0) is 23.8 Å². The van der Waals surface area contributed by atoms with Crippen LogP contribution >= 0.6 is 0 Å². The van der Waals surface area contributed by atoms with E-state index in [1.165, 1.54) is 5.56 Å². The molecule has 1 fully saturated rings. The molecule has 92 valence electrons. The van der Waals surface area contributed by atoms with E-state index in [4.69, 9.17) is 4.74 Å². The third-order valence-corrected chi connectivity index (χ3v) is 3.40. The van der Waals surface area contributed by atoms with E-state index in [2.05, 4.69) is 26.0 Å². The molecular formula is C15H20O2. The minimum absolute atomic E-state index is 0.246. The van der Waals surface area contributed by atoms with Crippen molar-refractivity contribution in [3.8, 4) is 0 Å². The first kappa shape index (κ1) is 12.3. The van der Waals surface area contributed by atoms with Crippen LogP contribution in [0.3, 0.4) is 0 Å². The van der Waals surface area contributed by atoms with Gasteiger partial charge in [-0.1, -0.05) is 38.1 Å². The Hall–Kier alpha value is -1.15. The van der Waals surface area contributed by atoms with Crippen molar-refractivity contribution in [3.05, 3.63) is 35.4 Å². The molecular weight excluding hydrogens is 212 g/mol. The Kier molecular flexibility index (Phi) is 3.95. The summed E-state index contributed by atoms with van der Waals surface area (Å²) < 4.78 is 5.29. The first-order chi connectivity index (χ1) is 8.16. The van der Waals surface area contributed by atoms with E-state index >= 15 is 0 Å². The van der Waals surface area contributed by atoms with Crippen molar-refractivity contribution >= 4 is 5.78 Å². The van der Waals surface area contributed by atoms with Crippen molar-refractivity contribution in [2.75, 3.05) is 13.2 Å². The van der Waals surface area contributed by atoms with Gasteiger partial charge in [-0.25, -0.2) is 0 Å². The van der Waals surface area contributed by atoms with Gasteiger partial charge in [0.05, 0.1) is 0 Å². The smallest absolute Gasteiger partial charge is 0.163 e. The first-order valence-corrected chi connectivity index (χ1v) is 6.37. The van der Waals surface area contributed by atoms with Crippen molar-refractivity contribution in [2.24, 2.45) is 5.92 Å². The van der Waals surface area contributed by atoms with Gasteiger partial charge < -0.3 is 4.74 Å². The van der Waals surface area contributed by atoms with Crippen LogP contribution in [0.25, 0.3) is 0 Å². The summed E-state index contributed by atoms with van der Waals surface area (Å²) in [5, 5.41) is 0. The molecule has 1 aliphatic heterocycles. The Labute approximate surface area is 103 Å². The van der Waals surface area contributed by atoms with Crippen molar-refractivity contribution in [1.82, 2.24) is 0 Å². The summed E-state index contributed by atoms with van der Waals surface area (Å²) >= 11 is 0. The summed E-state index contributed by atoms with van der Waals surface area (Å²) in [6.45, 7) is 5.87. The second-order valence-electron chi connectivity index (χ2n) is 5.13. The highest BCUT2D eigenvalue weighted by molar-refractivity contribution is 5.96. The zero-order chi connectivity index (χ0) is 12.3. The molecule has 0 aliphatic carbocycles. The van der Waals surface area contributed by atoms with Crippen LogP contribution in [-0.2, 0) is 4.74 Å². The molecule has 2 rings (SSSR count). The molecule has 1 saturated heterocycles. The number of hydrogen-bond acceptors (Lipinski definition) is 2. The van der Waals surface area contributed by atoms with Crippen LogP contribution in [-0.4, -0.2) is 19.0 Å². The third-order valence-electron chi connectivity index (χ3n) is 3.40. The zero-order valence-corrected chi connectivity index (χ0v) is 10.6. The second-order valence-corrected chi connectivity index (χ2v) is 5.13. The highest BCUT2D eigenvalue weighted by Gasteiger charge is 2.19. The van der Waals surface area contributed by atoms with Crippen LogP contribution in [0.5, 0.6) is 0 Å². The Morgan fingerprint density at radius 1 is 1.35 bits per heavy atom. The Morgan fingerprint density at radius 2 is 2.06 bits per heavy atom. The van der Waals surface area contributed by atoms with Gasteiger partial charge >= 0.3 is 0 Å². The number of Topliss-reactive ketones (excluding diaryl/α,β-unsaturated/α-hetero) is 1. The zero-order valence-electron chi connectivity index (χ0n) is 10.6. The standard InChI is InChI=1S/C15H20O2/c1-11(2)13-3-5-14(6-4-13)15(16)9-12-7-8-17-10-12/h3-6,11-12H,7-10H2,1-2H3. The number of benzene rings is 1. The lowest BCUT2D eigenvalue weighted by molar-refractivity contribution is 0.0952. The Balaban J connectivity index is 1.98. The molecule has 0 radical (unpaired) electrons. The van der Waals surface area contributed by atoms with E-state index in [9.17, 15) is 4.79 Å². The van der Waals surface area contributed by atoms with Crippen LogP contribution in [0.2, 0.25) is 0 Å². The average molecular weight is 232 g/mol. The van der Waals surface area contributed by atoms with Gasteiger partial charge in [0.2, 0.25) is 0 Å². The SMILES string of the molecule is CC(C)c1ccc(C(=O)CC2CCOC2)cc1. The lowest BCUT2D eigenvalue weighted by atomic mass is 9.95. The molecule has 17 heavy (non-hydrogen) atoms. The van der Waals surface area contributed by atoms with Crippen LogP contribution in [0.4, 0.5) is 0 Å². The molecule has 0 amide bonds. The molecule has 0 bridgehead atoms. The van der Waals surface area contributed by atoms with E-state index in [0.717, 1.165) is 25.2 Å². The largest absolute Gasteiger partial charge is 0.381 e. The summed E-state index contributed by atoms with van der Waals surface area (Å²) in [4.78, 5) is 12.0. The van der Waals surface area contributed by atoms with E-state index in [-0.39, 0.29) is 5.78 Å². The lowest BCUT2D eigenvalue weighted by Gasteiger charge is -2.08. The summed E-state index contributed by atoms with van der Waals surface area (Å²) in [5.74, 6) is 1.19. The molecule has 2 heteroatoms. The van der Waals surface area contributed by atoms with E-state index in [1.807, 2.05) is 12.1 Å². The second kappa shape index (κ2) is 5.46. The summed E-state index contributed by atoms with van der Waals surface area (Å²) in [6, 6.07) is 8.02. The number of ether oxygens (including phenoxy) is 1. The number of ketones is 1. The molecule has 1 aliphatic rings. The van der Waals surface area contributed by atoms with E-state index in [0.29, 0.717) is 18.3 Å². The lowest BCUT2D eigenvalue weighted by Crippen LogP contribution is -2.08. The van der Waals surface area contributed by atoms with Crippen LogP contribution in [0.15, 0.2) is 24.3 Å². The van der Waals surface area contributed by atoms with Gasteiger partial charge in [-0.3, -0.25) is 4.79 Å². The highest BCUT2D eigenvalue weighted by atomic mass is 16.5. The third kappa shape index (κ3) is 3.16. The summed E-state index contributed by atoms with van der Waals surface area (Å²) in [5.41, 5.74) is 2.12. The molecule has 1 atom stereocenters. The van der Waals surface area contributed by atoms with Crippen molar-refractivity contribution in [1.29, 1.82) is 0 Å². The molecule has 1 heterocycles. The van der Waals surface area contributed by atoms with Crippen LogP contribution in [0.1, 0.15) is 48.5 Å². The fourth-order valence-corrected chi connectivity index (χ4v) is 2.18. The number of carbonyl (C=O) groups is 1. The molecule has 0 spiro atoms. The van der Waals surface area contributed by atoms with Crippen molar-refractivity contribution in [3.63, 3.8) is 0 Å². The Bertz CT molecular complexity index is 372. The topological polar surface area (TPSA) is 26.3 Å². The van der Waals surface area contributed by atoms with Gasteiger partial charge in [-0.15, -0.1) is 0 Å². The maximum Gasteiger partial charge on any atom is 0.163 e. The number of carbonyl (C=O) groups excluding carboxylic acids is 1. The number of rotatable bonds is 4. The van der Waals surface area contributed by atoms with Gasteiger partial charge in [0.15, 0.2) is 5.78 Å². The summed E-state index contributed by atoms with van der Waals surface area (Å²) in [7, 11) is 0. The van der Waals surface area contributed by atoms with Gasteiger partial charge in [0, 0.05) is 25.2 Å². The van der Waals surface area contributed by atoms with Crippen LogP contribution in [0, 0.1) is 5.92 Å². The fraction of sp³-hybridized carbons (Fsp3) is 0.533. The maximum atomic E-state index is 12.0. The highest BCUT2D eigenvalue weighted by Crippen LogP contribution is 2.20. The van der Waals surface area contributed by atoms with Gasteiger partial charge in [0.25, 0.3) is 0 Å². The molecule has 1 aromatic carbocycles. The molecule has 1 aromatic rings. The maximum absolute atomic E-state index is 12.0. The monoisotopic (exact) mass is 232 g/mol. The van der Waals surface area contributed by atoms with E-state index in [1.54, 1.807) is 0 Å². The van der Waals surface area contributed by atoms with E-state index < -0.39 is 0 Å². The normalized spacial score (nSPS) is 19.8. The van der Waals surface area contributed by atoms with Crippen molar-refractivity contribution in [2.45, 2.75) is 32.6 Å². The first-order valence-electron chi connectivity index (χ1n) is 6.37. The number of hydrogen-bond donors (Lipinski definition) is 0. The predicted octanol–water partition coefficient (Wildman–Crippen LogP) is 3.42. The molecule has 0 N–H and O–H groups in total. The fourth-order valence-electron chi connectivity index (χ4n) is 2.18. The molecule has 0 aromatic heterocycles. The van der Waals surface area contributed by atoms with Crippen molar-refractivity contribution < 1.29 is 9.53 Å². The minimum Gasteiger partial charge on any atom is -0.381 e. The molecule has 2 nitrogen and oxygen atoms in total. The van der Waals surface area contributed by atoms with Crippen LogP contribution < -0.4 is 0 Å².